The standard InChI is InChI=1S/C16H20N2O4/c1-4-22-15(20)13-10-16(21,11(2)3)18(17-13)14(19)12-8-6-5-7-9-12/h5-9,11,21H,4,10H2,1-3H3. The Morgan fingerprint density at radius 3 is 2.55 bits per heavy atom. The van der Waals surface area contributed by atoms with Crippen LogP contribution in [0.2, 0.25) is 0 Å². The number of aliphatic hydroxyl groups is 1. The molecule has 1 aliphatic heterocycles. The van der Waals surface area contributed by atoms with Gasteiger partial charge in [0.25, 0.3) is 5.91 Å². The van der Waals surface area contributed by atoms with Gasteiger partial charge in [-0.15, -0.1) is 0 Å². The molecule has 118 valence electrons. The number of hydrogen-bond acceptors (Lipinski definition) is 5. The van der Waals surface area contributed by atoms with Crippen molar-refractivity contribution in [3.63, 3.8) is 0 Å². The maximum Gasteiger partial charge on any atom is 0.354 e. The molecule has 1 amide bonds. The average molecular weight is 304 g/mol. The summed E-state index contributed by atoms with van der Waals surface area (Å²) in [7, 11) is 0. The largest absolute Gasteiger partial charge is 0.461 e. The van der Waals surface area contributed by atoms with Crippen molar-refractivity contribution >= 4 is 17.6 Å². The normalized spacial score (nSPS) is 21.0. The molecule has 1 aliphatic rings. The second kappa shape index (κ2) is 6.27. The highest BCUT2D eigenvalue weighted by atomic mass is 16.5. The van der Waals surface area contributed by atoms with E-state index in [0.29, 0.717) is 5.56 Å². The maximum absolute atomic E-state index is 12.6. The fourth-order valence-electron chi connectivity index (χ4n) is 2.26. The Hall–Kier alpha value is -2.21. The quantitative estimate of drug-likeness (QED) is 0.860. The average Bonchev–Trinajstić information content (AvgIpc) is 2.87. The number of ether oxygens (including phenoxy) is 1. The van der Waals surface area contributed by atoms with E-state index in [4.69, 9.17) is 4.74 Å². The fraction of sp³-hybridized carbons (Fsp3) is 0.438. The molecule has 6 heteroatoms. The van der Waals surface area contributed by atoms with E-state index in [-0.39, 0.29) is 24.7 Å². The zero-order chi connectivity index (χ0) is 16.3. The summed E-state index contributed by atoms with van der Waals surface area (Å²) in [5, 5.41) is 15.9. The molecule has 1 aromatic rings. The van der Waals surface area contributed by atoms with Crippen LogP contribution in [0.5, 0.6) is 0 Å². The number of carbonyl (C=O) groups excluding carboxylic acids is 2. The van der Waals surface area contributed by atoms with Gasteiger partial charge in [-0.05, 0) is 19.1 Å². The predicted molar refractivity (Wildman–Crippen MR) is 81.1 cm³/mol. The van der Waals surface area contributed by atoms with E-state index in [9.17, 15) is 14.7 Å². The first kappa shape index (κ1) is 16.2. The van der Waals surface area contributed by atoms with Crippen molar-refractivity contribution in [1.82, 2.24) is 5.01 Å². The highest BCUT2D eigenvalue weighted by Crippen LogP contribution is 2.33. The van der Waals surface area contributed by atoms with E-state index < -0.39 is 17.6 Å². The summed E-state index contributed by atoms with van der Waals surface area (Å²) in [5.41, 5.74) is -1.08. The van der Waals surface area contributed by atoms with Gasteiger partial charge in [-0.1, -0.05) is 32.0 Å². The number of carbonyl (C=O) groups is 2. The maximum atomic E-state index is 12.6. The Balaban J connectivity index is 2.36. The Labute approximate surface area is 129 Å². The van der Waals surface area contributed by atoms with Gasteiger partial charge in [0.1, 0.15) is 0 Å². The van der Waals surface area contributed by atoms with Crippen LogP contribution >= 0.6 is 0 Å². The molecular formula is C16H20N2O4. The van der Waals surface area contributed by atoms with E-state index in [0.717, 1.165) is 5.01 Å². The third-order valence-electron chi connectivity index (χ3n) is 3.66. The summed E-state index contributed by atoms with van der Waals surface area (Å²) in [5.74, 6) is -1.35. The molecule has 0 spiro atoms. The highest BCUT2D eigenvalue weighted by Gasteiger charge is 2.48. The van der Waals surface area contributed by atoms with Crippen molar-refractivity contribution in [2.75, 3.05) is 6.61 Å². The minimum Gasteiger partial charge on any atom is -0.461 e. The van der Waals surface area contributed by atoms with Gasteiger partial charge in [0, 0.05) is 17.9 Å². The molecule has 0 aromatic heterocycles. The van der Waals surface area contributed by atoms with Crippen molar-refractivity contribution in [1.29, 1.82) is 0 Å². The van der Waals surface area contributed by atoms with E-state index >= 15 is 0 Å². The lowest BCUT2D eigenvalue weighted by atomic mass is 9.94. The summed E-state index contributed by atoms with van der Waals surface area (Å²) in [6.45, 7) is 5.45. The molecule has 0 saturated heterocycles. The monoisotopic (exact) mass is 304 g/mol. The summed E-state index contributed by atoms with van der Waals surface area (Å²) in [6, 6.07) is 8.53. The summed E-state index contributed by atoms with van der Waals surface area (Å²) in [4.78, 5) is 24.5. The summed E-state index contributed by atoms with van der Waals surface area (Å²) < 4.78 is 4.91. The van der Waals surface area contributed by atoms with E-state index in [2.05, 4.69) is 5.10 Å². The number of rotatable bonds is 4. The smallest absolute Gasteiger partial charge is 0.354 e. The van der Waals surface area contributed by atoms with E-state index in [1.165, 1.54) is 0 Å². The number of benzene rings is 1. The Bertz CT molecular complexity index is 597. The lowest BCUT2D eigenvalue weighted by Crippen LogP contribution is -2.50. The Morgan fingerprint density at radius 2 is 2.00 bits per heavy atom. The van der Waals surface area contributed by atoms with Crippen LogP contribution in [0.3, 0.4) is 0 Å². The van der Waals surface area contributed by atoms with Gasteiger partial charge in [0.2, 0.25) is 0 Å². The highest BCUT2D eigenvalue weighted by molar-refractivity contribution is 6.37. The Morgan fingerprint density at radius 1 is 1.36 bits per heavy atom. The number of amides is 1. The molecule has 1 N–H and O–H groups in total. The van der Waals surface area contributed by atoms with Gasteiger partial charge in [0.05, 0.1) is 6.61 Å². The second-order valence-electron chi connectivity index (χ2n) is 5.46. The first-order valence-electron chi connectivity index (χ1n) is 7.26. The SMILES string of the molecule is CCOC(=O)C1=NN(C(=O)c2ccccc2)C(O)(C(C)C)C1. The lowest BCUT2D eigenvalue weighted by molar-refractivity contribution is -0.135. The lowest BCUT2D eigenvalue weighted by Gasteiger charge is -2.34. The van der Waals surface area contributed by atoms with E-state index in [1.54, 1.807) is 51.1 Å². The molecule has 1 unspecified atom stereocenters. The predicted octanol–water partition coefficient (Wildman–Crippen LogP) is 1.80. The van der Waals surface area contributed by atoms with Crippen molar-refractivity contribution < 1.29 is 19.4 Å². The molecule has 1 heterocycles. The summed E-state index contributed by atoms with van der Waals surface area (Å²) in [6.07, 6.45) is -0.0396. The Kier molecular flexibility index (Phi) is 4.61. The van der Waals surface area contributed by atoms with Gasteiger partial charge in [-0.25, -0.2) is 4.79 Å². The number of nitrogens with zero attached hydrogens (tertiary/aromatic N) is 2. The van der Waals surface area contributed by atoms with Gasteiger partial charge < -0.3 is 9.84 Å². The molecule has 0 bridgehead atoms. The third kappa shape index (κ3) is 2.87. The minimum absolute atomic E-state index is 0.0396. The van der Waals surface area contributed by atoms with Crippen LogP contribution in [0.1, 0.15) is 37.6 Å². The molecule has 0 fully saturated rings. The minimum atomic E-state index is -1.53. The van der Waals surface area contributed by atoms with Crippen molar-refractivity contribution in [3.8, 4) is 0 Å². The second-order valence-corrected chi connectivity index (χ2v) is 5.46. The van der Waals surface area contributed by atoms with Crippen LogP contribution in [0.4, 0.5) is 0 Å². The van der Waals surface area contributed by atoms with E-state index in [1.807, 2.05) is 0 Å². The molecule has 1 aromatic carbocycles. The molecule has 0 aliphatic carbocycles. The molecule has 0 saturated carbocycles. The van der Waals surface area contributed by atoms with Gasteiger partial charge in [-0.3, -0.25) is 4.79 Å². The zero-order valence-corrected chi connectivity index (χ0v) is 12.9. The van der Waals surface area contributed by atoms with Crippen LogP contribution in [-0.2, 0) is 9.53 Å². The molecule has 2 rings (SSSR count). The number of hydrazone groups is 1. The molecule has 1 atom stereocenters. The first-order valence-corrected chi connectivity index (χ1v) is 7.26. The van der Waals surface area contributed by atoms with Crippen LogP contribution < -0.4 is 0 Å². The third-order valence-corrected chi connectivity index (χ3v) is 3.66. The molecule has 6 nitrogen and oxygen atoms in total. The topological polar surface area (TPSA) is 79.2 Å². The summed E-state index contributed by atoms with van der Waals surface area (Å²) >= 11 is 0. The first-order chi connectivity index (χ1) is 10.4. The van der Waals surface area contributed by atoms with Crippen molar-refractivity contribution in [3.05, 3.63) is 35.9 Å². The van der Waals surface area contributed by atoms with Crippen LogP contribution in [0.15, 0.2) is 35.4 Å². The fourth-order valence-corrected chi connectivity index (χ4v) is 2.26. The van der Waals surface area contributed by atoms with Gasteiger partial charge in [0.15, 0.2) is 11.4 Å². The van der Waals surface area contributed by atoms with Crippen molar-refractivity contribution in [2.45, 2.75) is 32.9 Å². The molecular weight excluding hydrogens is 284 g/mol. The molecule has 0 radical (unpaired) electrons. The zero-order valence-electron chi connectivity index (χ0n) is 12.9. The van der Waals surface area contributed by atoms with Crippen molar-refractivity contribution in [2.24, 2.45) is 11.0 Å². The van der Waals surface area contributed by atoms with Crippen LogP contribution in [0.25, 0.3) is 0 Å². The van der Waals surface area contributed by atoms with Crippen LogP contribution in [0, 0.1) is 5.92 Å². The van der Waals surface area contributed by atoms with Crippen LogP contribution in [-0.4, -0.2) is 40.0 Å². The van der Waals surface area contributed by atoms with Gasteiger partial charge >= 0.3 is 5.97 Å². The molecule has 22 heavy (non-hydrogen) atoms. The number of esters is 1. The number of hydrogen-bond donors (Lipinski definition) is 1. The van der Waals surface area contributed by atoms with Gasteiger partial charge in [-0.2, -0.15) is 10.1 Å².